The van der Waals surface area contributed by atoms with Gasteiger partial charge in [0.1, 0.15) is 11.9 Å². The summed E-state index contributed by atoms with van der Waals surface area (Å²) >= 11 is 0. The number of carbonyl (C=O) groups excluding carboxylic acids is 3. The van der Waals surface area contributed by atoms with E-state index in [-0.39, 0.29) is 35.8 Å². The Labute approximate surface area is 187 Å². The van der Waals surface area contributed by atoms with Gasteiger partial charge in [-0.15, -0.1) is 0 Å². The highest BCUT2D eigenvalue weighted by atomic mass is 16.5. The average Bonchev–Trinajstić information content (AvgIpc) is 3.12. The predicted octanol–water partition coefficient (Wildman–Crippen LogP) is 2.17. The number of piperidine rings is 1. The highest BCUT2D eigenvalue weighted by Gasteiger charge is 2.57. The van der Waals surface area contributed by atoms with Crippen LogP contribution in [0.25, 0.3) is 0 Å². The van der Waals surface area contributed by atoms with Gasteiger partial charge in [-0.05, 0) is 24.6 Å². The number of hydrogen-bond donors (Lipinski definition) is 2. The minimum Gasteiger partial charge on any atom is -0.489 e. The molecule has 2 aromatic rings. The first-order valence-corrected chi connectivity index (χ1v) is 11.1. The summed E-state index contributed by atoms with van der Waals surface area (Å²) in [6.45, 7) is 4.95. The molecule has 32 heavy (non-hydrogen) atoms. The van der Waals surface area contributed by atoms with Crippen molar-refractivity contribution < 1.29 is 19.1 Å². The Morgan fingerprint density at radius 2 is 1.72 bits per heavy atom. The van der Waals surface area contributed by atoms with Gasteiger partial charge in [0.2, 0.25) is 5.91 Å². The molecule has 2 aromatic carbocycles. The van der Waals surface area contributed by atoms with Crippen LogP contribution in [0.15, 0.2) is 42.5 Å². The highest BCUT2D eigenvalue weighted by molar-refractivity contribution is 6.02. The number of hydrogen-bond acceptors (Lipinski definition) is 4. The van der Waals surface area contributed by atoms with E-state index < -0.39 is 0 Å². The molecule has 1 aliphatic carbocycles. The number of nitrogens with one attached hydrogen (secondary N) is 2. The van der Waals surface area contributed by atoms with Gasteiger partial charge in [0.15, 0.2) is 0 Å². The van der Waals surface area contributed by atoms with Crippen LogP contribution in [0.4, 0.5) is 0 Å². The van der Waals surface area contributed by atoms with E-state index in [0.717, 1.165) is 11.1 Å². The zero-order valence-corrected chi connectivity index (χ0v) is 18.4. The number of likely N-dealkylation sites (tertiary alicyclic amines) is 1. The van der Waals surface area contributed by atoms with Gasteiger partial charge >= 0.3 is 0 Å². The fraction of sp³-hybridized carbons (Fsp3) is 0.400. The lowest BCUT2D eigenvalue weighted by Crippen LogP contribution is -2.36. The molecule has 7 nitrogen and oxygen atoms in total. The van der Waals surface area contributed by atoms with E-state index in [4.69, 9.17) is 4.74 Å². The van der Waals surface area contributed by atoms with E-state index in [1.807, 2.05) is 48.2 Å². The lowest BCUT2D eigenvalue weighted by Gasteiger charge is -2.18. The Bertz CT molecular complexity index is 1090. The van der Waals surface area contributed by atoms with Crippen LogP contribution in [-0.2, 0) is 4.79 Å². The minimum absolute atomic E-state index is 0.0632. The van der Waals surface area contributed by atoms with Gasteiger partial charge in [0, 0.05) is 62.0 Å². The van der Waals surface area contributed by atoms with Crippen LogP contribution in [0.3, 0.4) is 0 Å². The normalized spacial score (nSPS) is 27.2. The summed E-state index contributed by atoms with van der Waals surface area (Å²) in [5.41, 5.74) is 2.77. The molecule has 0 bridgehead atoms. The fourth-order valence-electron chi connectivity index (χ4n) is 5.30. The van der Waals surface area contributed by atoms with Crippen LogP contribution < -0.4 is 15.4 Å². The van der Waals surface area contributed by atoms with Crippen molar-refractivity contribution in [3.63, 3.8) is 0 Å². The molecule has 2 N–H and O–H groups in total. The van der Waals surface area contributed by atoms with Crippen molar-refractivity contribution in [1.82, 2.24) is 15.5 Å². The summed E-state index contributed by atoms with van der Waals surface area (Å²) in [5.74, 6) is 0.717. The standard InChI is InChI=1S/C25H27N3O4/c1-13-21(15-7-5-4-6-8-15)17-9-16(10-18(23(17)32-13)25(31)26-3)24(30)27-22-19-11-28(14(2)29)12-20(19)22/h4-10,13,19-22H,11-12H2,1-3H3,(H,26,31)(H,27,30)/t13-,19-,20+,21+,22+/m1/s1. The Kier molecular flexibility index (Phi) is 4.92. The van der Waals surface area contributed by atoms with Gasteiger partial charge < -0.3 is 20.3 Å². The summed E-state index contributed by atoms with van der Waals surface area (Å²) in [4.78, 5) is 39.2. The average molecular weight is 434 g/mol. The van der Waals surface area contributed by atoms with Gasteiger partial charge in [0.25, 0.3) is 11.8 Å². The molecule has 2 fully saturated rings. The summed E-state index contributed by atoms with van der Waals surface area (Å²) in [6.07, 6.45) is -0.158. The molecule has 0 radical (unpaired) electrons. The number of fused-ring (bicyclic) bond motifs is 2. The summed E-state index contributed by atoms with van der Waals surface area (Å²) < 4.78 is 6.12. The first kappa shape index (κ1) is 20.5. The van der Waals surface area contributed by atoms with Gasteiger partial charge in [-0.25, -0.2) is 0 Å². The smallest absolute Gasteiger partial charge is 0.254 e. The monoisotopic (exact) mass is 433 g/mol. The molecule has 1 saturated heterocycles. The molecular weight excluding hydrogens is 406 g/mol. The molecule has 7 heteroatoms. The van der Waals surface area contributed by atoms with Gasteiger partial charge in [0.05, 0.1) is 5.56 Å². The molecule has 3 amide bonds. The molecule has 0 aromatic heterocycles. The molecule has 2 heterocycles. The minimum atomic E-state index is -0.280. The third kappa shape index (κ3) is 3.32. The van der Waals surface area contributed by atoms with Crippen molar-refractivity contribution >= 4 is 17.7 Å². The summed E-state index contributed by atoms with van der Waals surface area (Å²) in [5, 5.41) is 5.78. The zero-order valence-electron chi connectivity index (χ0n) is 18.4. The number of ether oxygens (including phenoxy) is 1. The molecule has 166 valence electrons. The van der Waals surface area contributed by atoms with Gasteiger partial charge in [-0.1, -0.05) is 30.3 Å². The third-order valence-electron chi connectivity index (χ3n) is 7.06. The molecule has 5 rings (SSSR count). The molecule has 0 unspecified atom stereocenters. The van der Waals surface area contributed by atoms with Gasteiger partial charge in [-0.3, -0.25) is 14.4 Å². The number of carbonyl (C=O) groups is 3. The molecule has 0 spiro atoms. The Morgan fingerprint density at radius 3 is 2.34 bits per heavy atom. The maximum atomic E-state index is 13.2. The van der Waals surface area contributed by atoms with Crippen LogP contribution in [-0.4, -0.2) is 54.9 Å². The quantitative estimate of drug-likeness (QED) is 0.774. The zero-order chi connectivity index (χ0) is 22.6. The van der Waals surface area contributed by atoms with Crippen molar-refractivity contribution in [3.05, 3.63) is 64.7 Å². The van der Waals surface area contributed by atoms with E-state index in [1.165, 1.54) is 0 Å². The van der Waals surface area contributed by atoms with Crippen LogP contribution in [0, 0.1) is 11.8 Å². The van der Waals surface area contributed by atoms with Crippen LogP contribution in [0.1, 0.15) is 51.6 Å². The highest BCUT2D eigenvalue weighted by Crippen LogP contribution is 2.47. The molecule has 3 aliphatic rings. The maximum Gasteiger partial charge on any atom is 0.254 e. The van der Waals surface area contributed by atoms with Crippen LogP contribution in [0.2, 0.25) is 0 Å². The second-order valence-corrected chi connectivity index (χ2v) is 8.98. The van der Waals surface area contributed by atoms with Crippen molar-refractivity contribution in [1.29, 1.82) is 0 Å². The molecule has 1 saturated carbocycles. The second-order valence-electron chi connectivity index (χ2n) is 8.98. The van der Waals surface area contributed by atoms with E-state index in [2.05, 4.69) is 10.6 Å². The van der Waals surface area contributed by atoms with E-state index >= 15 is 0 Å². The maximum absolute atomic E-state index is 13.2. The Morgan fingerprint density at radius 1 is 1.03 bits per heavy atom. The molecular formula is C25H27N3O4. The summed E-state index contributed by atoms with van der Waals surface area (Å²) in [7, 11) is 1.57. The predicted molar refractivity (Wildman–Crippen MR) is 119 cm³/mol. The van der Waals surface area contributed by atoms with Crippen LogP contribution in [0.5, 0.6) is 5.75 Å². The lowest BCUT2D eigenvalue weighted by molar-refractivity contribution is -0.128. The largest absolute Gasteiger partial charge is 0.489 e. The second kappa shape index (κ2) is 7.65. The van der Waals surface area contributed by atoms with E-state index in [0.29, 0.717) is 41.8 Å². The third-order valence-corrected chi connectivity index (χ3v) is 7.06. The number of nitrogens with zero attached hydrogens (tertiary/aromatic N) is 1. The van der Waals surface area contributed by atoms with Crippen molar-refractivity contribution in [2.45, 2.75) is 31.9 Å². The Hall–Kier alpha value is -3.35. The first-order valence-electron chi connectivity index (χ1n) is 11.1. The lowest BCUT2D eigenvalue weighted by atomic mass is 9.87. The first-order chi connectivity index (χ1) is 15.4. The Balaban J connectivity index is 1.44. The van der Waals surface area contributed by atoms with Crippen LogP contribution >= 0.6 is 0 Å². The number of benzene rings is 2. The topological polar surface area (TPSA) is 87.7 Å². The SMILES string of the molecule is CNC(=O)c1cc(C(=O)N[C@H]2[C@@H]3CN(C(C)=O)C[C@@H]32)cc2c1O[C@H](C)[C@H]2c1ccccc1. The summed E-state index contributed by atoms with van der Waals surface area (Å²) in [6, 6.07) is 13.6. The van der Waals surface area contributed by atoms with E-state index in [1.54, 1.807) is 20.0 Å². The molecule has 2 aliphatic heterocycles. The van der Waals surface area contributed by atoms with Crippen molar-refractivity contribution in [2.24, 2.45) is 11.8 Å². The fourth-order valence-corrected chi connectivity index (χ4v) is 5.30. The van der Waals surface area contributed by atoms with Gasteiger partial charge in [-0.2, -0.15) is 0 Å². The molecule has 5 atom stereocenters. The van der Waals surface area contributed by atoms with Crippen molar-refractivity contribution in [3.8, 4) is 5.75 Å². The number of amides is 3. The van der Waals surface area contributed by atoms with Crippen molar-refractivity contribution in [2.75, 3.05) is 20.1 Å². The number of rotatable bonds is 4. The van der Waals surface area contributed by atoms with E-state index in [9.17, 15) is 14.4 Å².